The minimum atomic E-state index is -0.279. The van der Waals surface area contributed by atoms with Crippen molar-refractivity contribution >= 4 is 23.1 Å². The smallest absolute Gasteiger partial charge is 0.276 e. The van der Waals surface area contributed by atoms with E-state index in [9.17, 15) is 4.79 Å². The summed E-state index contributed by atoms with van der Waals surface area (Å²) in [4.78, 5) is 12.3. The van der Waals surface area contributed by atoms with Gasteiger partial charge in [-0.25, -0.2) is 0 Å². The van der Waals surface area contributed by atoms with Gasteiger partial charge < -0.3 is 10.6 Å². The molecule has 0 aliphatic carbocycles. The number of hydrogen-bond donors (Lipinski definition) is 2. The second kappa shape index (κ2) is 7.13. The van der Waals surface area contributed by atoms with Gasteiger partial charge in [0, 0.05) is 11.4 Å². The first-order valence-corrected chi connectivity index (χ1v) is 8.08. The van der Waals surface area contributed by atoms with Crippen molar-refractivity contribution in [1.29, 1.82) is 0 Å². The van der Waals surface area contributed by atoms with Crippen LogP contribution >= 0.6 is 0 Å². The molecule has 0 unspecified atom stereocenters. The van der Waals surface area contributed by atoms with Crippen LogP contribution in [-0.4, -0.2) is 16.1 Å². The van der Waals surface area contributed by atoms with E-state index in [-0.39, 0.29) is 11.6 Å². The Kier molecular flexibility index (Phi) is 4.75. The molecule has 0 saturated carbocycles. The van der Waals surface area contributed by atoms with E-state index in [2.05, 4.69) is 20.8 Å². The van der Waals surface area contributed by atoms with Gasteiger partial charge in [0.15, 0.2) is 11.5 Å². The van der Waals surface area contributed by atoms with E-state index in [1.165, 1.54) is 5.56 Å². The van der Waals surface area contributed by atoms with Gasteiger partial charge in [-0.1, -0.05) is 24.3 Å². The Morgan fingerprint density at radius 2 is 1.64 bits per heavy atom. The summed E-state index contributed by atoms with van der Waals surface area (Å²) in [7, 11) is 0. The molecule has 0 aliphatic heterocycles. The highest BCUT2D eigenvalue weighted by Gasteiger charge is 2.09. The first kappa shape index (κ1) is 16.6. The lowest BCUT2D eigenvalue weighted by Crippen LogP contribution is -2.14. The van der Waals surface area contributed by atoms with Crippen LogP contribution in [0.1, 0.15) is 27.2 Å². The predicted molar refractivity (Wildman–Crippen MR) is 100 cm³/mol. The van der Waals surface area contributed by atoms with Crippen molar-refractivity contribution in [1.82, 2.24) is 10.2 Å². The summed E-state index contributed by atoms with van der Waals surface area (Å²) in [5.74, 6) is 0.315. The number of para-hydroxylation sites is 1. The largest absolute Gasteiger partial charge is 0.339 e. The summed E-state index contributed by atoms with van der Waals surface area (Å²) < 4.78 is 0. The average molecular weight is 332 g/mol. The zero-order valence-corrected chi connectivity index (χ0v) is 14.5. The Bertz CT molecular complexity index is 904. The van der Waals surface area contributed by atoms with Crippen molar-refractivity contribution in [3.8, 4) is 0 Å². The van der Waals surface area contributed by atoms with Crippen LogP contribution in [0.3, 0.4) is 0 Å². The maximum absolute atomic E-state index is 12.3. The Hall–Kier alpha value is -3.21. The van der Waals surface area contributed by atoms with Crippen LogP contribution in [0, 0.1) is 20.8 Å². The summed E-state index contributed by atoms with van der Waals surface area (Å²) >= 11 is 0. The van der Waals surface area contributed by atoms with Gasteiger partial charge in [-0.3, -0.25) is 4.79 Å². The number of aromatic nitrogens is 2. The number of carbonyl (C=O) groups excluding carboxylic acids is 1. The molecule has 126 valence electrons. The summed E-state index contributed by atoms with van der Waals surface area (Å²) in [6.07, 6.45) is 0. The molecule has 1 heterocycles. The van der Waals surface area contributed by atoms with Crippen molar-refractivity contribution in [2.24, 2.45) is 0 Å². The molecule has 0 atom stereocenters. The zero-order chi connectivity index (χ0) is 17.8. The quantitative estimate of drug-likeness (QED) is 0.743. The molecule has 0 bridgehead atoms. The van der Waals surface area contributed by atoms with E-state index in [0.717, 1.165) is 22.5 Å². The van der Waals surface area contributed by atoms with Crippen LogP contribution in [-0.2, 0) is 0 Å². The molecule has 1 amide bonds. The molecular formula is C20H20N4O. The number of hydrogen-bond acceptors (Lipinski definition) is 4. The molecule has 0 aliphatic rings. The van der Waals surface area contributed by atoms with Crippen LogP contribution < -0.4 is 10.6 Å². The van der Waals surface area contributed by atoms with Crippen molar-refractivity contribution in [2.45, 2.75) is 20.8 Å². The molecule has 5 heteroatoms. The van der Waals surface area contributed by atoms with Crippen LogP contribution in [0.15, 0.2) is 54.6 Å². The number of anilines is 3. The third-order valence-electron chi connectivity index (χ3n) is 4.07. The molecular weight excluding hydrogens is 312 g/mol. The van der Waals surface area contributed by atoms with Crippen LogP contribution in [0.5, 0.6) is 0 Å². The molecule has 0 spiro atoms. The lowest BCUT2D eigenvalue weighted by molar-refractivity contribution is 0.102. The summed E-state index contributed by atoms with van der Waals surface area (Å²) in [6, 6.07) is 17.1. The number of rotatable bonds is 4. The van der Waals surface area contributed by atoms with E-state index >= 15 is 0 Å². The maximum atomic E-state index is 12.3. The van der Waals surface area contributed by atoms with Gasteiger partial charge in [0.05, 0.1) is 0 Å². The van der Waals surface area contributed by atoms with Gasteiger partial charge in [-0.05, 0) is 67.8 Å². The molecule has 25 heavy (non-hydrogen) atoms. The van der Waals surface area contributed by atoms with Crippen molar-refractivity contribution in [3.05, 3.63) is 77.0 Å². The highest BCUT2D eigenvalue weighted by molar-refractivity contribution is 6.02. The Balaban J connectivity index is 1.70. The fourth-order valence-corrected chi connectivity index (χ4v) is 2.39. The van der Waals surface area contributed by atoms with Crippen LogP contribution in [0.25, 0.3) is 0 Å². The van der Waals surface area contributed by atoms with Gasteiger partial charge in [0.25, 0.3) is 5.91 Å². The number of nitrogens with zero attached hydrogens (tertiary/aromatic N) is 2. The molecule has 2 N–H and O–H groups in total. The highest BCUT2D eigenvalue weighted by atomic mass is 16.1. The molecule has 3 aromatic rings. The minimum Gasteiger partial charge on any atom is -0.339 e. The second-order valence-electron chi connectivity index (χ2n) is 6.00. The van der Waals surface area contributed by atoms with E-state index in [1.807, 2.05) is 63.2 Å². The number of nitrogens with one attached hydrogen (secondary N) is 2. The summed E-state index contributed by atoms with van der Waals surface area (Å²) in [5, 5.41) is 14.1. The van der Waals surface area contributed by atoms with Crippen LogP contribution in [0.2, 0.25) is 0 Å². The van der Waals surface area contributed by atoms with Gasteiger partial charge in [0.1, 0.15) is 0 Å². The molecule has 1 aromatic heterocycles. The third kappa shape index (κ3) is 4.01. The normalized spacial score (nSPS) is 10.4. The van der Waals surface area contributed by atoms with Gasteiger partial charge in [-0.2, -0.15) is 0 Å². The Morgan fingerprint density at radius 3 is 2.32 bits per heavy atom. The van der Waals surface area contributed by atoms with Crippen molar-refractivity contribution < 1.29 is 4.79 Å². The Labute approximate surface area is 147 Å². The third-order valence-corrected chi connectivity index (χ3v) is 4.07. The predicted octanol–water partition coefficient (Wildman–Crippen LogP) is 4.40. The van der Waals surface area contributed by atoms with Crippen molar-refractivity contribution in [3.63, 3.8) is 0 Å². The highest BCUT2D eigenvalue weighted by Crippen LogP contribution is 2.18. The number of aryl methyl sites for hydroxylation is 3. The second-order valence-corrected chi connectivity index (χ2v) is 6.00. The number of carbonyl (C=O) groups is 1. The van der Waals surface area contributed by atoms with E-state index < -0.39 is 0 Å². The first-order chi connectivity index (χ1) is 12.0. The summed E-state index contributed by atoms with van der Waals surface area (Å²) in [6.45, 7) is 6.06. The van der Waals surface area contributed by atoms with Crippen molar-refractivity contribution in [2.75, 3.05) is 10.6 Å². The molecule has 0 saturated heterocycles. The standard InChI is InChI=1S/C20H20N4O/c1-13-8-9-16(12-15(13)3)21-20(25)18-10-11-19(24-23-18)22-17-7-5-4-6-14(17)2/h4-12H,1-3H3,(H,21,25)(H,22,24). The Morgan fingerprint density at radius 1 is 0.840 bits per heavy atom. The molecule has 2 aromatic carbocycles. The van der Waals surface area contributed by atoms with Crippen LogP contribution in [0.4, 0.5) is 17.2 Å². The fourth-order valence-electron chi connectivity index (χ4n) is 2.39. The lowest BCUT2D eigenvalue weighted by atomic mass is 10.1. The van der Waals surface area contributed by atoms with E-state index in [4.69, 9.17) is 0 Å². The molecule has 0 fully saturated rings. The van der Waals surface area contributed by atoms with Gasteiger partial charge >= 0.3 is 0 Å². The topological polar surface area (TPSA) is 66.9 Å². The molecule has 5 nitrogen and oxygen atoms in total. The lowest BCUT2D eigenvalue weighted by Gasteiger charge is -2.09. The minimum absolute atomic E-state index is 0.272. The molecule has 3 rings (SSSR count). The maximum Gasteiger partial charge on any atom is 0.276 e. The monoisotopic (exact) mass is 332 g/mol. The van der Waals surface area contributed by atoms with E-state index in [0.29, 0.717) is 5.82 Å². The average Bonchev–Trinajstić information content (AvgIpc) is 2.61. The van der Waals surface area contributed by atoms with Gasteiger partial charge in [0.2, 0.25) is 0 Å². The van der Waals surface area contributed by atoms with Gasteiger partial charge in [-0.15, -0.1) is 10.2 Å². The SMILES string of the molecule is Cc1ccc(NC(=O)c2ccc(Nc3ccccc3C)nn2)cc1C. The zero-order valence-electron chi connectivity index (χ0n) is 14.5. The van der Waals surface area contributed by atoms with E-state index in [1.54, 1.807) is 12.1 Å². The number of benzene rings is 2. The first-order valence-electron chi connectivity index (χ1n) is 8.08. The number of amides is 1. The fraction of sp³-hybridized carbons (Fsp3) is 0.150. The molecule has 0 radical (unpaired) electrons. The summed E-state index contributed by atoms with van der Waals surface area (Å²) in [5.41, 5.74) is 5.40.